The predicted octanol–water partition coefficient (Wildman–Crippen LogP) is 3.44. The molecule has 24 heavy (non-hydrogen) atoms. The summed E-state index contributed by atoms with van der Waals surface area (Å²) < 4.78 is 0. The summed E-state index contributed by atoms with van der Waals surface area (Å²) in [6.07, 6.45) is 4.14. The van der Waals surface area contributed by atoms with E-state index >= 15 is 0 Å². The minimum atomic E-state index is -0.725. The van der Waals surface area contributed by atoms with Gasteiger partial charge in [0, 0.05) is 12.6 Å². The fourth-order valence-corrected chi connectivity index (χ4v) is 4.11. The quantitative estimate of drug-likeness (QED) is 0.872. The number of rotatable bonds is 3. The third-order valence-electron chi connectivity index (χ3n) is 5.24. The molecule has 0 N–H and O–H groups in total. The third kappa shape index (κ3) is 2.11. The number of nitrogens with zero attached hydrogens (tertiary/aromatic N) is 2. The number of nitriles is 1. The van der Waals surface area contributed by atoms with Crippen LogP contribution in [0.25, 0.3) is 0 Å². The number of hydrogen-bond donors (Lipinski definition) is 0. The van der Waals surface area contributed by atoms with E-state index in [2.05, 4.69) is 23.1 Å². The molecule has 2 aromatic rings. The fraction of sp³-hybridized carbons (Fsp3) is 0.238. The van der Waals surface area contributed by atoms with E-state index in [0.717, 1.165) is 11.1 Å². The zero-order valence-electron chi connectivity index (χ0n) is 13.3. The first-order valence-corrected chi connectivity index (χ1v) is 8.24. The molecule has 2 heterocycles. The minimum Gasteiger partial charge on any atom is -0.292 e. The average Bonchev–Trinajstić information content (AvgIpc) is 2.86. The van der Waals surface area contributed by atoms with Crippen molar-refractivity contribution in [2.75, 3.05) is 0 Å². The molecule has 0 aliphatic carbocycles. The van der Waals surface area contributed by atoms with Crippen LogP contribution >= 0.6 is 0 Å². The summed E-state index contributed by atoms with van der Waals surface area (Å²) >= 11 is 0. The van der Waals surface area contributed by atoms with Crippen LogP contribution in [0.1, 0.15) is 17.5 Å². The molecule has 3 atom stereocenters. The lowest BCUT2D eigenvalue weighted by atomic mass is 9.81. The second-order valence-electron chi connectivity index (χ2n) is 6.49. The van der Waals surface area contributed by atoms with Crippen LogP contribution in [0.5, 0.6) is 0 Å². The van der Waals surface area contributed by atoms with Gasteiger partial charge in [0.2, 0.25) is 0 Å². The van der Waals surface area contributed by atoms with E-state index < -0.39 is 5.54 Å². The summed E-state index contributed by atoms with van der Waals surface area (Å²) in [6.45, 7) is 0.661. The van der Waals surface area contributed by atoms with Crippen molar-refractivity contribution in [3.05, 3.63) is 83.9 Å². The van der Waals surface area contributed by atoms with Crippen LogP contribution in [0, 0.1) is 17.2 Å². The molecule has 1 fully saturated rings. The van der Waals surface area contributed by atoms with Gasteiger partial charge in [-0.05, 0) is 23.6 Å². The second kappa shape index (κ2) is 5.74. The Balaban J connectivity index is 1.84. The molecule has 3 heteroatoms. The van der Waals surface area contributed by atoms with Gasteiger partial charge in [-0.1, -0.05) is 66.7 Å². The molecule has 0 saturated carbocycles. The van der Waals surface area contributed by atoms with E-state index in [0.29, 0.717) is 13.0 Å². The summed E-state index contributed by atoms with van der Waals surface area (Å²) in [5, 5.41) is 9.62. The Morgan fingerprint density at radius 2 is 1.75 bits per heavy atom. The summed E-state index contributed by atoms with van der Waals surface area (Å²) in [5.74, 6) is -0.0877. The molecule has 118 valence electrons. The van der Waals surface area contributed by atoms with Gasteiger partial charge in [0.05, 0.1) is 12.0 Å². The Morgan fingerprint density at radius 3 is 2.42 bits per heavy atom. The summed E-state index contributed by atoms with van der Waals surface area (Å²) in [4.78, 5) is 15.2. The van der Waals surface area contributed by atoms with E-state index in [4.69, 9.17) is 0 Å². The van der Waals surface area contributed by atoms with Crippen molar-refractivity contribution in [2.24, 2.45) is 5.92 Å². The lowest BCUT2D eigenvalue weighted by Gasteiger charge is -2.41. The topological polar surface area (TPSA) is 44.1 Å². The fourth-order valence-electron chi connectivity index (χ4n) is 4.11. The van der Waals surface area contributed by atoms with Crippen LogP contribution in [0.2, 0.25) is 0 Å². The van der Waals surface area contributed by atoms with E-state index in [1.165, 1.54) is 0 Å². The molecule has 0 aromatic heterocycles. The van der Waals surface area contributed by atoms with E-state index in [1.807, 2.05) is 54.6 Å². The van der Waals surface area contributed by atoms with Crippen molar-refractivity contribution >= 4 is 5.78 Å². The van der Waals surface area contributed by atoms with Crippen LogP contribution in [-0.2, 0) is 16.9 Å². The van der Waals surface area contributed by atoms with Crippen LogP contribution < -0.4 is 0 Å². The smallest absolute Gasteiger partial charge is 0.180 e. The summed E-state index contributed by atoms with van der Waals surface area (Å²) in [7, 11) is 0. The molecule has 1 saturated heterocycles. The highest BCUT2D eigenvalue weighted by Gasteiger charge is 2.57. The van der Waals surface area contributed by atoms with Gasteiger partial charge in [-0.3, -0.25) is 9.69 Å². The van der Waals surface area contributed by atoms with Gasteiger partial charge in [-0.15, -0.1) is 0 Å². The highest BCUT2D eigenvalue weighted by Crippen LogP contribution is 2.49. The number of ketones is 1. The average molecular weight is 314 g/mol. The van der Waals surface area contributed by atoms with Crippen molar-refractivity contribution in [3.8, 4) is 6.07 Å². The van der Waals surface area contributed by atoms with Gasteiger partial charge in [0.1, 0.15) is 5.54 Å². The van der Waals surface area contributed by atoms with E-state index in [-0.39, 0.29) is 17.7 Å². The van der Waals surface area contributed by atoms with Crippen LogP contribution in [0.3, 0.4) is 0 Å². The molecule has 2 aromatic carbocycles. The van der Waals surface area contributed by atoms with Crippen molar-refractivity contribution < 1.29 is 4.79 Å². The molecule has 2 aliphatic rings. The van der Waals surface area contributed by atoms with Gasteiger partial charge in [0.15, 0.2) is 5.78 Å². The molecule has 2 aliphatic heterocycles. The van der Waals surface area contributed by atoms with Gasteiger partial charge < -0.3 is 0 Å². The van der Waals surface area contributed by atoms with Crippen LogP contribution in [0.15, 0.2) is 72.8 Å². The van der Waals surface area contributed by atoms with Gasteiger partial charge in [0.25, 0.3) is 0 Å². The van der Waals surface area contributed by atoms with Crippen molar-refractivity contribution in [1.29, 1.82) is 5.26 Å². The maximum atomic E-state index is 13.0. The first-order chi connectivity index (χ1) is 11.8. The Morgan fingerprint density at radius 1 is 1.08 bits per heavy atom. The normalized spacial score (nSPS) is 28.7. The van der Waals surface area contributed by atoms with Gasteiger partial charge in [-0.25, -0.2) is 0 Å². The van der Waals surface area contributed by atoms with Crippen molar-refractivity contribution in [3.63, 3.8) is 0 Å². The minimum absolute atomic E-state index is 0.0203. The lowest BCUT2D eigenvalue weighted by molar-refractivity contribution is -0.127. The highest BCUT2D eigenvalue weighted by atomic mass is 16.1. The lowest BCUT2D eigenvalue weighted by Crippen LogP contribution is -2.51. The summed E-state index contributed by atoms with van der Waals surface area (Å²) in [5.41, 5.74) is 1.42. The van der Waals surface area contributed by atoms with E-state index in [9.17, 15) is 10.1 Å². The summed E-state index contributed by atoms with van der Waals surface area (Å²) in [6, 6.07) is 22.4. The Bertz CT molecular complexity index is 822. The number of carbonyl (C=O) groups excluding carboxylic acids is 1. The molecule has 0 radical (unpaired) electrons. The predicted molar refractivity (Wildman–Crippen MR) is 91.8 cm³/mol. The molecule has 3 nitrogen and oxygen atoms in total. The maximum absolute atomic E-state index is 13.0. The zero-order valence-corrected chi connectivity index (χ0v) is 13.3. The maximum Gasteiger partial charge on any atom is 0.180 e. The second-order valence-corrected chi connectivity index (χ2v) is 6.49. The number of benzene rings is 2. The van der Waals surface area contributed by atoms with Crippen LogP contribution in [-0.4, -0.2) is 16.7 Å². The molecule has 2 bridgehead atoms. The Labute approximate surface area is 141 Å². The first kappa shape index (κ1) is 14.9. The molecule has 0 amide bonds. The zero-order chi connectivity index (χ0) is 16.6. The molecular weight excluding hydrogens is 296 g/mol. The third-order valence-corrected chi connectivity index (χ3v) is 5.24. The standard InChI is InChI=1S/C21H18N2O/c22-14-17-13-21(18-9-5-2-6-10-18)20(24)12-11-19(17)23(21)15-16-7-3-1-4-8-16/h1-12,17,19H,13,15H2/t17-,19+,21-/m1/s1. The molecule has 4 rings (SSSR count). The first-order valence-electron chi connectivity index (χ1n) is 8.24. The van der Waals surface area contributed by atoms with E-state index in [1.54, 1.807) is 6.08 Å². The number of fused-ring (bicyclic) bond motifs is 2. The molecule has 0 spiro atoms. The SMILES string of the molecule is N#C[C@H]1C[C@@]2(c3ccccc3)C(=O)C=C[C@@H]1N2Cc1ccccc1. The van der Waals surface area contributed by atoms with Gasteiger partial charge >= 0.3 is 0 Å². The Kier molecular flexibility index (Phi) is 3.55. The largest absolute Gasteiger partial charge is 0.292 e. The monoisotopic (exact) mass is 314 g/mol. The number of carbonyl (C=O) groups is 1. The Hall–Kier alpha value is -2.70. The molecule has 0 unspecified atom stereocenters. The molecular formula is C21H18N2O. The highest BCUT2D eigenvalue weighted by molar-refractivity contribution is 6.00. The van der Waals surface area contributed by atoms with Crippen LogP contribution in [0.4, 0.5) is 0 Å². The van der Waals surface area contributed by atoms with Crippen molar-refractivity contribution in [1.82, 2.24) is 4.90 Å². The van der Waals surface area contributed by atoms with Crippen molar-refractivity contribution in [2.45, 2.75) is 24.5 Å². The van der Waals surface area contributed by atoms with Gasteiger partial charge in [-0.2, -0.15) is 5.26 Å². The number of hydrogen-bond acceptors (Lipinski definition) is 3.